The molecule has 0 heterocycles. The second-order valence-corrected chi connectivity index (χ2v) is 5.03. The maximum Gasteiger partial charge on any atom is 0.321 e. The van der Waals surface area contributed by atoms with E-state index in [1.165, 1.54) is 0 Å². The number of hydrogen-bond acceptors (Lipinski definition) is 3. The highest BCUT2D eigenvalue weighted by Gasteiger charge is 2.16. The van der Waals surface area contributed by atoms with E-state index in [0.717, 1.165) is 17.9 Å². The van der Waals surface area contributed by atoms with Gasteiger partial charge in [0.25, 0.3) is 0 Å². The molecule has 0 aliphatic rings. The zero-order valence-corrected chi connectivity index (χ0v) is 13.3. The minimum atomic E-state index is -0.177. The Morgan fingerprint density at radius 1 is 1.33 bits per heavy atom. The Morgan fingerprint density at radius 3 is 2.57 bits per heavy atom. The molecule has 2 amide bonds. The molecule has 0 aromatic heterocycles. The topological polar surface area (TPSA) is 59.4 Å². The average Bonchev–Trinajstić information content (AvgIpc) is 2.51. The van der Waals surface area contributed by atoms with Crippen LogP contribution in [0.15, 0.2) is 24.3 Å². The fraction of sp³-hybridized carbons (Fsp3) is 0.500. The lowest BCUT2D eigenvalue weighted by molar-refractivity contribution is 0.210. The molecule has 0 unspecified atom stereocenters. The standard InChI is InChI=1S/C16H24N4O/c1-5-19(4)15-10-8-7-9-14(15)18-16(21)20(6-2)12-13(3)11-17/h7-10,13H,5-6,12H2,1-4H3,(H,18,21)/t13-/m0/s1. The zero-order chi connectivity index (χ0) is 15.8. The second kappa shape index (κ2) is 8.15. The van der Waals surface area contributed by atoms with E-state index in [2.05, 4.69) is 23.2 Å². The average molecular weight is 288 g/mol. The third kappa shape index (κ3) is 4.67. The molecule has 1 aromatic carbocycles. The molecule has 5 heteroatoms. The number of hydrogen-bond donors (Lipinski definition) is 1. The number of rotatable bonds is 6. The SMILES string of the molecule is CCN(C[C@@H](C)C#N)C(=O)Nc1ccccc1N(C)CC. The first-order chi connectivity index (χ1) is 10.0. The summed E-state index contributed by atoms with van der Waals surface area (Å²) in [6.07, 6.45) is 0. The molecule has 5 nitrogen and oxygen atoms in total. The summed E-state index contributed by atoms with van der Waals surface area (Å²) in [6, 6.07) is 9.71. The highest BCUT2D eigenvalue weighted by molar-refractivity contribution is 5.93. The molecule has 0 aliphatic heterocycles. The number of anilines is 2. The van der Waals surface area contributed by atoms with Gasteiger partial charge in [-0.25, -0.2) is 4.79 Å². The van der Waals surface area contributed by atoms with Crippen molar-refractivity contribution in [2.45, 2.75) is 20.8 Å². The van der Waals surface area contributed by atoms with Gasteiger partial charge in [-0.1, -0.05) is 12.1 Å². The number of urea groups is 1. The van der Waals surface area contributed by atoms with Gasteiger partial charge < -0.3 is 15.1 Å². The summed E-state index contributed by atoms with van der Waals surface area (Å²) in [5.74, 6) is -0.177. The summed E-state index contributed by atoms with van der Waals surface area (Å²) in [7, 11) is 1.99. The fourth-order valence-electron chi connectivity index (χ4n) is 2.00. The van der Waals surface area contributed by atoms with Crippen molar-refractivity contribution in [1.29, 1.82) is 5.26 Å². The van der Waals surface area contributed by atoms with Gasteiger partial charge in [0.05, 0.1) is 23.4 Å². The minimum Gasteiger partial charge on any atom is -0.373 e. The van der Waals surface area contributed by atoms with Crippen LogP contribution in [0.2, 0.25) is 0 Å². The number of benzene rings is 1. The van der Waals surface area contributed by atoms with Crippen LogP contribution in [0.5, 0.6) is 0 Å². The molecule has 0 saturated carbocycles. The Bertz CT molecular complexity index is 509. The predicted octanol–water partition coefficient (Wildman–Crippen LogP) is 3.16. The Kier molecular flexibility index (Phi) is 6.54. The Hall–Kier alpha value is -2.22. The highest BCUT2D eigenvalue weighted by atomic mass is 16.2. The molecule has 1 atom stereocenters. The van der Waals surface area contributed by atoms with Gasteiger partial charge >= 0.3 is 6.03 Å². The van der Waals surface area contributed by atoms with Crippen LogP contribution in [0.1, 0.15) is 20.8 Å². The van der Waals surface area contributed by atoms with Gasteiger partial charge in [0.1, 0.15) is 0 Å². The van der Waals surface area contributed by atoms with E-state index in [0.29, 0.717) is 13.1 Å². The van der Waals surface area contributed by atoms with Gasteiger partial charge in [0.2, 0.25) is 0 Å². The van der Waals surface area contributed by atoms with Crippen LogP contribution in [0.3, 0.4) is 0 Å². The summed E-state index contributed by atoms with van der Waals surface area (Å²) in [5, 5.41) is 11.8. The molecule has 1 aromatic rings. The Morgan fingerprint density at radius 2 is 2.00 bits per heavy atom. The van der Waals surface area contributed by atoms with Gasteiger partial charge in [0.15, 0.2) is 0 Å². The molecule has 0 radical (unpaired) electrons. The molecule has 0 aliphatic carbocycles. The van der Waals surface area contributed by atoms with Crippen molar-refractivity contribution < 1.29 is 4.79 Å². The van der Waals surface area contributed by atoms with Crippen LogP contribution in [-0.2, 0) is 0 Å². The number of carbonyl (C=O) groups excluding carboxylic acids is 1. The fourth-order valence-corrected chi connectivity index (χ4v) is 2.00. The normalized spacial score (nSPS) is 11.4. The van der Waals surface area contributed by atoms with Crippen LogP contribution in [-0.4, -0.2) is 37.6 Å². The first kappa shape index (κ1) is 16.8. The Balaban J connectivity index is 2.85. The highest BCUT2D eigenvalue weighted by Crippen LogP contribution is 2.24. The third-order valence-corrected chi connectivity index (χ3v) is 3.41. The van der Waals surface area contributed by atoms with E-state index < -0.39 is 0 Å². The number of amides is 2. The van der Waals surface area contributed by atoms with Crippen molar-refractivity contribution in [1.82, 2.24) is 4.90 Å². The van der Waals surface area contributed by atoms with Crippen molar-refractivity contribution in [2.75, 3.05) is 36.9 Å². The smallest absolute Gasteiger partial charge is 0.321 e. The molecular formula is C16H24N4O. The first-order valence-corrected chi connectivity index (χ1v) is 7.29. The summed E-state index contributed by atoms with van der Waals surface area (Å²) in [6.45, 7) is 7.65. The van der Waals surface area contributed by atoms with Crippen LogP contribution >= 0.6 is 0 Å². The molecule has 1 rings (SSSR count). The lowest BCUT2D eigenvalue weighted by atomic mass is 10.2. The van der Waals surface area contributed by atoms with Gasteiger partial charge in [-0.05, 0) is 32.9 Å². The number of para-hydroxylation sites is 2. The number of nitrogens with zero attached hydrogens (tertiary/aromatic N) is 3. The summed E-state index contributed by atoms with van der Waals surface area (Å²) in [5.41, 5.74) is 1.77. The van der Waals surface area contributed by atoms with E-state index in [4.69, 9.17) is 5.26 Å². The van der Waals surface area contributed by atoms with Gasteiger partial charge in [0, 0.05) is 26.7 Å². The van der Waals surface area contributed by atoms with Crippen molar-refractivity contribution in [3.05, 3.63) is 24.3 Å². The molecule has 21 heavy (non-hydrogen) atoms. The quantitative estimate of drug-likeness (QED) is 0.874. The number of nitriles is 1. The summed E-state index contributed by atoms with van der Waals surface area (Å²) in [4.78, 5) is 16.1. The molecule has 0 saturated heterocycles. The second-order valence-electron chi connectivity index (χ2n) is 5.03. The van der Waals surface area contributed by atoms with Crippen LogP contribution in [0, 0.1) is 17.2 Å². The van der Waals surface area contributed by atoms with E-state index in [1.54, 1.807) is 4.90 Å². The zero-order valence-electron chi connectivity index (χ0n) is 13.3. The summed E-state index contributed by atoms with van der Waals surface area (Å²) >= 11 is 0. The van der Waals surface area contributed by atoms with Gasteiger partial charge in [-0.15, -0.1) is 0 Å². The maximum atomic E-state index is 12.3. The van der Waals surface area contributed by atoms with Crippen LogP contribution < -0.4 is 10.2 Å². The van der Waals surface area contributed by atoms with Crippen molar-refractivity contribution in [3.63, 3.8) is 0 Å². The van der Waals surface area contributed by atoms with Gasteiger partial charge in [-0.2, -0.15) is 5.26 Å². The number of carbonyl (C=O) groups is 1. The van der Waals surface area contributed by atoms with E-state index >= 15 is 0 Å². The van der Waals surface area contributed by atoms with Crippen molar-refractivity contribution in [3.8, 4) is 6.07 Å². The molecule has 1 N–H and O–H groups in total. The maximum absolute atomic E-state index is 12.3. The minimum absolute atomic E-state index is 0.170. The van der Waals surface area contributed by atoms with Crippen LogP contribution in [0.25, 0.3) is 0 Å². The van der Waals surface area contributed by atoms with Crippen LogP contribution in [0.4, 0.5) is 16.2 Å². The lowest BCUT2D eigenvalue weighted by Crippen LogP contribution is -2.38. The molecule has 0 bridgehead atoms. The molecule has 0 spiro atoms. The molecule has 114 valence electrons. The van der Waals surface area contributed by atoms with E-state index in [9.17, 15) is 4.79 Å². The van der Waals surface area contributed by atoms with Crippen molar-refractivity contribution >= 4 is 17.4 Å². The van der Waals surface area contributed by atoms with Gasteiger partial charge in [-0.3, -0.25) is 0 Å². The van der Waals surface area contributed by atoms with E-state index in [-0.39, 0.29) is 11.9 Å². The monoisotopic (exact) mass is 288 g/mol. The van der Waals surface area contributed by atoms with Crippen molar-refractivity contribution in [2.24, 2.45) is 5.92 Å². The molecule has 0 fully saturated rings. The predicted molar refractivity (Wildman–Crippen MR) is 86.4 cm³/mol. The number of nitrogens with one attached hydrogen (secondary N) is 1. The lowest BCUT2D eigenvalue weighted by Gasteiger charge is -2.25. The largest absolute Gasteiger partial charge is 0.373 e. The van der Waals surface area contributed by atoms with E-state index in [1.807, 2.05) is 45.2 Å². The third-order valence-electron chi connectivity index (χ3n) is 3.41. The first-order valence-electron chi connectivity index (χ1n) is 7.29. The molecular weight excluding hydrogens is 264 g/mol. The Labute approximate surface area is 127 Å². The summed E-state index contributed by atoms with van der Waals surface area (Å²) < 4.78 is 0.